The highest BCUT2D eigenvalue weighted by molar-refractivity contribution is 6.30. The summed E-state index contributed by atoms with van der Waals surface area (Å²) >= 11 is 5.57. The van der Waals surface area contributed by atoms with E-state index < -0.39 is 11.9 Å². The lowest BCUT2D eigenvalue weighted by Crippen LogP contribution is -2.13. The Morgan fingerprint density at radius 3 is 2.64 bits per heavy atom. The fourth-order valence-corrected chi connectivity index (χ4v) is 1.26. The van der Waals surface area contributed by atoms with Crippen LogP contribution in [-0.4, -0.2) is 11.7 Å². The molecule has 0 fully saturated rings. The van der Waals surface area contributed by atoms with E-state index >= 15 is 0 Å². The van der Waals surface area contributed by atoms with Gasteiger partial charge in [-0.2, -0.15) is 0 Å². The second kappa shape index (κ2) is 6.19. The molecule has 1 aromatic carbocycles. The molecule has 5 heteroatoms. The molecule has 0 aliphatic rings. The predicted molar refractivity (Wildman–Crippen MR) is 57.3 cm³/mol. The molecule has 0 radical (unpaired) electrons. The highest BCUT2D eigenvalue weighted by Crippen LogP contribution is 2.20. The lowest BCUT2D eigenvalue weighted by Gasteiger charge is -2.11. The fourth-order valence-electron chi connectivity index (χ4n) is 1.10. The summed E-state index contributed by atoms with van der Waals surface area (Å²) < 4.78 is 13.2. The van der Waals surface area contributed by atoms with Crippen molar-refractivity contribution in [3.05, 3.63) is 34.6 Å². The molecule has 3 N–H and O–H groups in total. The molecule has 0 amide bonds. The number of halogens is 3. The van der Waals surface area contributed by atoms with Gasteiger partial charge in [0.2, 0.25) is 0 Å². The standard InChI is InChI=1S/C9H11ClFNO.ClH/c10-6-1-2-7(8(11)5-6)9(12)3-4-13;/h1-2,5,9,13H,3-4,12H2;1H/t9-;/m0./s1. The molecule has 0 aliphatic heterocycles. The van der Waals surface area contributed by atoms with Crippen molar-refractivity contribution in [2.24, 2.45) is 5.73 Å². The van der Waals surface area contributed by atoms with Crippen LogP contribution < -0.4 is 5.73 Å². The van der Waals surface area contributed by atoms with Gasteiger partial charge in [0.1, 0.15) is 5.82 Å². The smallest absolute Gasteiger partial charge is 0.129 e. The van der Waals surface area contributed by atoms with E-state index in [0.717, 1.165) is 0 Å². The van der Waals surface area contributed by atoms with E-state index in [0.29, 0.717) is 17.0 Å². The van der Waals surface area contributed by atoms with Gasteiger partial charge in [0.05, 0.1) is 0 Å². The third-order valence-electron chi connectivity index (χ3n) is 1.80. The molecule has 14 heavy (non-hydrogen) atoms. The summed E-state index contributed by atoms with van der Waals surface area (Å²) in [6.45, 7) is -0.0523. The van der Waals surface area contributed by atoms with Crippen LogP contribution in [0.4, 0.5) is 4.39 Å². The lowest BCUT2D eigenvalue weighted by atomic mass is 10.0. The number of aliphatic hydroxyl groups is 1. The Kier molecular flexibility index (Phi) is 6.04. The van der Waals surface area contributed by atoms with Crippen LogP contribution in [0.3, 0.4) is 0 Å². The quantitative estimate of drug-likeness (QED) is 0.851. The normalized spacial score (nSPS) is 12.0. The van der Waals surface area contributed by atoms with Crippen LogP contribution in [0.25, 0.3) is 0 Å². The van der Waals surface area contributed by atoms with Crippen molar-refractivity contribution < 1.29 is 9.50 Å². The summed E-state index contributed by atoms with van der Waals surface area (Å²) in [5.41, 5.74) is 6.00. The van der Waals surface area contributed by atoms with Crippen molar-refractivity contribution in [2.45, 2.75) is 12.5 Å². The lowest BCUT2D eigenvalue weighted by molar-refractivity contribution is 0.275. The number of hydrogen-bond acceptors (Lipinski definition) is 2. The van der Waals surface area contributed by atoms with Crippen LogP contribution in [0.1, 0.15) is 18.0 Å². The summed E-state index contributed by atoms with van der Waals surface area (Å²) in [6.07, 6.45) is 0.346. The first-order valence-corrected chi connectivity index (χ1v) is 4.34. The summed E-state index contributed by atoms with van der Waals surface area (Å²) in [7, 11) is 0. The number of hydrogen-bond donors (Lipinski definition) is 2. The molecular weight excluding hydrogens is 228 g/mol. The summed E-state index contributed by atoms with van der Waals surface area (Å²) in [4.78, 5) is 0. The SMILES string of the molecule is Cl.N[C@@H](CCO)c1ccc(Cl)cc1F. The average Bonchev–Trinajstić information content (AvgIpc) is 2.04. The Hall–Kier alpha value is -0.350. The molecular formula is C9H12Cl2FNO. The van der Waals surface area contributed by atoms with E-state index in [1.807, 2.05) is 0 Å². The predicted octanol–water partition coefficient (Wildman–Crippen LogP) is 2.28. The molecule has 0 aliphatic carbocycles. The van der Waals surface area contributed by atoms with E-state index in [9.17, 15) is 4.39 Å². The molecule has 1 rings (SSSR count). The molecule has 1 atom stereocenters. The molecule has 0 heterocycles. The van der Waals surface area contributed by atoms with Crippen LogP contribution in [0.15, 0.2) is 18.2 Å². The van der Waals surface area contributed by atoms with Crippen molar-refractivity contribution in [3.8, 4) is 0 Å². The first-order chi connectivity index (χ1) is 6.15. The Labute approximate surface area is 93.3 Å². The van der Waals surface area contributed by atoms with Crippen LogP contribution in [0.5, 0.6) is 0 Å². The second-order valence-corrected chi connectivity index (χ2v) is 3.22. The van der Waals surface area contributed by atoms with Crippen LogP contribution >= 0.6 is 24.0 Å². The molecule has 0 saturated carbocycles. The van der Waals surface area contributed by atoms with Gasteiger partial charge in [0, 0.05) is 23.2 Å². The van der Waals surface area contributed by atoms with Crippen molar-refractivity contribution >= 4 is 24.0 Å². The van der Waals surface area contributed by atoms with Crippen molar-refractivity contribution in [1.29, 1.82) is 0 Å². The highest BCUT2D eigenvalue weighted by atomic mass is 35.5. The topological polar surface area (TPSA) is 46.2 Å². The largest absolute Gasteiger partial charge is 0.396 e. The zero-order valence-electron chi connectivity index (χ0n) is 7.41. The summed E-state index contributed by atoms with van der Waals surface area (Å²) in [5, 5.41) is 8.96. The Morgan fingerprint density at radius 1 is 1.50 bits per heavy atom. The number of rotatable bonds is 3. The maximum atomic E-state index is 13.2. The molecule has 0 aromatic heterocycles. The van der Waals surface area contributed by atoms with Gasteiger partial charge in [-0.15, -0.1) is 12.4 Å². The van der Waals surface area contributed by atoms with Gasteiger partial charge in [-0.05, 0) is 18.6 Å². The molecule has 2 nitrogen and oxygen atoms in total. The molecule has 80 valence electrons. The molecule has 0 saturated heterocycles. The Balaban J connectivity index is 0.00000169. The number of aliphatic hydroxyl groups excluding tert-OH is 1. The maximum Gasteiger partial charge on any atom is 0.129 e. The van der Waals surface area contributed by atoms with Crippen molar-refractivity contribution in [2.75, 3.05) is 6.61 Å². The number of nitrogens with two attached hydrogens (primary N) is 1. The zero-order valence-corrected chi connectivity index (χ0v) is 8.98. The van der Waals surface area contributed by atoms with Gasteiger partial charge in [-0.1, -0.05) is 17.7 Å². The minimum absolute atomic E-state index is 0. The molecule has 1 aromatic rings. The second-order valence-electron chi connectivity index (χ2n) is 2.78. The van der Waals surface area contributed by atoms with Gasteiger partial charge in [0.15, 0.2) is 0 Å². The molecule has 0 spiro atoms. The van der Waals surface area contributed by atoms with Crippen LogP contribution in [0.2, 0.25) is 5.02 Å². The van der Waals surface area contributed by atoms with Crippen LogP contribution in [-0.2, 0) is 0 Å². The van der Waals surface area contributed by atoms with E-state index in [2.05, 4.69) is 0 Å². The fraction of sp³-hybridized carbons (Fsp3) is 0.333. The third-order valence-corrected chi connectivity index (χ3v) is 2.04. The first kappa shape index (κ1) is 13.7. The van der Waals surface area contributed by atoms with E-state index in [1.165, 1.54) is 12.1 Å². The minimum atomic E-state index is -0.470. The van der Waals surface area contributed by atoms with Gasteiger partial charge in [-0.25, -0.2) is 4.39 Å². The van der Waals surface area contributed by atoms with Crippen molar-refractivity contribution in [3.63, 3.8) is 0 Å². The van der Waals surface area contributed by atoms with Crippen LogP contribution in [0, 0.1) is 5.82 Å². The van der Waals surface area contributed by atoms with Gasteiger partial charge in [-0.3, -0.25) is 0 Å². The maximum absolute atomic E-state index is 13.2. The van der Waals surface area contributed by atoms with E-state index in [1.54, 1.807) is 6.07 Å². The summed E-state index contributed by atoms with van der Waals surface area (Å²) in [5.74, 6) is -0.423. The van der Waals surface area contributed by atoms with Gasteiger partial charge < -0.3 is 10.8 Å². The average molecular weight is 240 g/mol. The van der Waals surface area contributed by atoms with E-state index in [4.69, 9.17) is 22.4 Å². The number of benzene rings is 1. The van der Waals surface area contributed by atoms with Gasteiger partial charge in [0.25, 0.3) is 0 Å². The minimum Gasteiger partial charge on any atom is -0.396 e. The van der Waals surface area contributed by atoms with Crippen molar-refractivity contribution in [1.82, 2.24) is 0 Å². The molecule has 0 bridgehead atoms. The highest BCUT2D eigenvalue weighted by Gasteiger charge is 2.10. The Bertz CT molecular complexity index is 296. The first-order valence-electron chi connectivity index (χ1n) is 3.96. The molecule has 0 unspecified atom stereocenters. The Morgan fingerprint density at radius 2 is 2.14 bits per heavy atom. The van der Waals surface area contributed by atoms with Gasteiger partial charge >= 0.3 is 0 Å². The third kappa shape index (κ3) is 3.42. The van der Waals surface area contributed by atoms with E-state index in [-0.39, 0.29) is 19.0 Å². The zero-order chi connectivity index (χ0) is 9.84. The summed E-state index contributed by atoms with van der Waals surface area (Å²) in [6, 6.07) is 3.87. The monoisotopic (exact) mass is 239 g/mol.